The van der Waals surface area contributed by atoms with E-state index in [4.69, 9.17) is 16.7 Å². The lowest BCUT2D eigenvalue weighted by atomic mass is 10.7. The van der Waals surface area contributed by atoms with E-state index < -0.39 is 5.56 Å². The first-order valence-electron chi connectivity index (χ1n) is 2.30. The number of halogens is 1. The molecule has 2 nitrogen and oxygen atoms in total. The molecule has 0 aliphatic carbocycles. The largest absolute Gasteiger partial charge is 0.372 e. The fourth-order valence-electron chi connectivity index (χ4n) is 0.496. The Hall–Kier alpha value is 0.270. The summed E-state index contributed by atoms with van der Waals surface area (Å²) in [5.41, 5.74) is -0.873. The van der Waals surface area contributed by atoms with E-state index in [0.29, 0.717) is 5.04 Å². The molecule has 0 fully saturated rings. The first kappa shape index (κ1) is 6.39. The molecular formula is C4H6ClNOS. The molecule has 0 aromatic carbocycles. The van der Waals surface area contributed by atoms with Crippen molar-refractivity contribution in [2.24, 2.45) is 4.99 Å². The lowest BCUT2D eigenvalue weighted by molar-refractivity contribution is 0.322. The monoisotopic (exact) mass is 151 g/mol. The highest BCUT2D eigenvalue weighted by atomic mass is 35.5. The SMILES string of the molecule is OC(Cl)C1=NCCS1. The van der Waals surface area contributed by atoms with Crippen LogP contribution in [-0.4, -0.2) is 28.0 Å². The molecule has 1 heterocycles. The molecule has 0 saturated heterocycles. The van der Waals surface area contributed by atoms with Crippen molar-refractivity contribution in [2.45, 2.75) is 5.56 Å². The predicted octanol–water partition coefficient (Wildman–Crippen LogP) is 0.689. The molecule has 0 aromatic heterocycles. The van der Waals surface area contributed by atoms with Gasteiger partial charge in [0.05, 0.1) is 0 Å². The van der Waals surface area contributed by atoms with Gasteiger partial charge in [-0.3, -0.25) is 4.99 Å². The van der Waals surface area contributed by atoms with Crippen LogP contribution in [0.3, 0.4) is 0 Å². The van der Waals surface area contributed by atoms with E-state index >= 15 is 0 Å². The second kappa shape index (κ2) is 2.71. The molecule has 1 aliphatic heterocycles. The van der Waals surface area contributed by atoms with Crippen LogP contribution in [0.25, 0.3) is 0 Å². The molecule has 0 aromatic rings. The van der Waals surface area contributed by atoms with Gasteiger partial charge in [-0.15, -0.1) is 11.8 Å². The van der Waals surface area contributed by atoms with Crippen molar-refractivity contribution in [3.63, 3.8) is 0 Å². The van der Waals surface area contributed by atoms with Crippen LogP contribution in [0.15, 0.2) is 4.99 Å². The lowest BCUT2D eigenvalue weighted by Crippen LogP contribution is -2.05. The maximum absolute atomic E-state index is 8.67. The normalized spacial score (nSPS) is 23.0. The van der Waals surface area contributed by atoms with Crippen LogP contribution in [0.4, 0.5) is 0 Å². The van der Waals surface area contributed by atoms with Gasteiger partial charge < -0.3 is 5.11 Å². The molecule has 1 atom stereocenters. The molecule has 1 N–H and O–H groups in total. The van der Waals surface area contributed by atoms with Crippen molar-refractivity contribution in [3.8, 4) is 0 Å². The van der Waals surface area contributed by atoms with Crippen LogP contribution in [0.1, 0.15) is 0 Å². The molecule has 0 bridgehead atoms. The Morgan fingerprint density at radius 3 is 2.88 bits per heavy atom. The first-order chi connectivity index (χ1) is 3.80. The smallest absolute Gasteiger partial charge is 0.176 e. The number of nitrogens with zero attached hydrogens (tertiary/aromatic N) is 1. The fraction of sp³-hybridized carbons (Fsp3) is 0.750. The van der Waals surface area contributed by atoms with Crippen molar-refractivity contribution in [1.29, 1.82) is 0 Å². The number of hydrogen-bond acceptors (Lipinski definition) is 3. The van der Waals surface area contributed by atoms with Crippen molar-refractivity contribution in [1.82, 2.24) is 0 Å². The standard InChI is InChI=1S/C4H6ClNOS/c5-3(7)4-6-1-2-8-4/h3,7H,1-2H2. The zero-order chi connectivity index (χ0) is 5.98. The van der Waals surface area contributed by atoms with E-state index in [-0.39, 0.29) is 0 Å². The average molecular weight is 152 g/mol. The molecular weight excluding hydrogens is 146 g/mol. The Balaban J connectivity index is 2.45. The number of alkyl halides is 1. The van der Waals surface area contributed by atoms with Crippen LogP contribution in [0.2, 0.25) is 0 Å². The highest BCUT2D eigenvalue weighted by molar-refractivity contribution is 8.14. The van der Waals surface area contributed by atoms with Gasteiger partial charge in [-0.25, -0.2) is 0 Å². The lowest BCUT2D eigenvalue weighted by Gasteiger charge is -1.96. The van der Waals surface area contributed by atoms with Crippen molar-refractivity contribution in [3.05, 3.63) is 0 Å². The zero-order valence-electron chi connectivity index (χ0n) is 4.17. The molecule has 1 aliphatic rings. The summed E-state index contributed by atoms with van der Waals surface area (Å²) in [7, 11) is 0. The maximum Gasteiger partial charge on any atom is 0.176 e. The quantitative estimate of drug-likeness (QED) is 0.560. The highest BCUT2D eigenvalue weighted by Crippen LogP contribution is 2.15. The Kier molecular flexibility index (Phi) is 2.16. The van der Waals surface area contributed by atoms with Crippen LogP contribution in [0, 0.1) is 0 Å². The van der Waals surface area contributed by atoms with Crippen molar-refractivity contribution >= 4 is 28.4 Å². The topological polar surface area (TPSA) is 32.6 Å². The van der Waals surface area contributed by atoms with Gasteiger partial charge >= 0.3 is 0 Å². The Morgan fingerprint density at radius 2 is 2.62 bits per heavy atom. The number of aliphatic imine (C=N–C) groups is 1. The summed E-state index contributed by atoms with van der Waals surface area (Å²) in [6, 6.07) is 0. The van der Waals surface area contributed by atoms with E-state index in [1.54, 1.807) is 0 Å². The molecule has 46 valence electrons. The molecule has 8 heavy (non-hydrogen) atoms. The van der Waals surface area contributed by atoms with Gasteiger partial charge in [0.2, 0.25) is 0 Å². The van der Waals surface area contributed by atoms with Crippen LogP contribution in [0.5, 0.6) is 0 Å². The minimum atomic E-state index is -0.873. The number of hydrogen-bond donors (Lipinski definition) is 1. The van der Waals surface area contributed by atoms with Crippen LogP contribution in [-0.2, 0) is 0 Å². The second-order valence-electron chi connectivity index (χ2n) is 1.40. The van der Waals surface area contributed by atoms with Gasteiger partial charge in [0.25, 0.3) is 0 Å². The van der Waals surface area contributed by atoms with E-state index in [2.05, 4.69) is 4.99 Å². The third kappa shape index (κ3) is 1.37. The highest BCUT2D eigenvalue weighted by Gasteiger charge is 2.12. The Morgan fingerprint density at radius 1 is 1.88 bits per heavy atom. The van der Waals surface area contributed by atoms with Gasteiger partial charge in [0.15, 0.2) is 5.56 Å². The average Bonchev–Trinajstić information content (AvgIpc) is 2.12. The molecule has 0 saturated carbocycles. The summed E-state index contributed by atoms with van der Waals surface area (Å²) in [5.74, 6) is 0.957. The summed E-state index contributed by atoms with van der Waals surface area (Å²) < 4.78 is 0. The molecule has 0 radical (unpaired) electrons. The van der Waals surface area contributed by atoms with Gasteiger partial charge in [-0.1, -0.05) is 11.6 Å². The summed E-state index contributed by atoms with van der Waals surface area (Å²) in [6.45, 7) is 0.795. The number of rotatable bonds is 1. The van der Waals surface area contributed by atoms with Crippen molar-refractivity contribution < 1.29 is 5.11 Å². The van der Waals surface area contributed by atoms with Gasteiger partial charge in [0, 0.05) is 12.3 Å². The van der Waals surface area contributed by atoms with E-state index in [1.807, 2.05) is 0 Å². The van der Waals surface area contributed by atoms with Crippen LogP contribution < -0.4 is 0 Å². The minimum Gasteiger partial charge on any atom is -0.372 e. The molecule has 0 spiro atoms. The fourth-order valence-corrected chi connectivity index (χ4v) is 1.47. The third-order valence-electron chi connectivity index (χ3n) is 0.813. The molecule has 1 rings (SSSR count). The summed E-state index contributed by atoms with van der Waals surface area (Å²) in [5, 5.41) is 9.32. The zero-order valence-corrected chi connectivity index (χ0v) is 5.74. The third-order valence-corrected chi connectivity index (χ3v) is 2.18. The minimum absolute atomic E-state index is 0.659. The number of aliphatic hydroxyl groups is 1. The number of thioether (sulfide) groups is 1. The van der Waals surface area contributed by atoms with Gasteiger partial charge in [-0.05, 0) is 0 Å². The molecule has 0 amide bonds. The molecule has 1 unspecified atom stereocenters. The van der Waals surface area contributed by atoms with E-state index in [0.717, 1.165) is 12.3 Å². The Labute approximate surface area is 56.9 Å². The summed E-state index contributed by atoms with van der Waals surface area (Å²) >= 11 is 6.81. The van der Waals surface area contributed by atoms with Crippen molar-refractivity contribution in [2.75, 3.05) is 12.3 Å². The van der Waals surface area contributed by atoms with Crippen LogP contribution >= 0.6 is 23.4 Å². The summed E-state index contributed by atoms with van der Waals surface area (Å²) in [6.07, 6.45) is 0. The molecule has 4 heteroatoms. The second-order valence-corrected chi connectivity index (χ2v) is 2.93. The van der Waals surface area contributed by atoms with E-state index in [1.165, 1.54) is 11.8 Å². The number of aliphatic hydroxyl groups excluding tert-OH is 1. The maximum atomic E-state index is 8.67. The first-order valence-corrected chi connectivity index (χ1v) is 3.72. The Bertz CT molecular complexity index is 115. The predicted molar refractivity (Wildman–Crippen MR) is 36.6 cm³/mol. The summed E-state index contributed by atoms with van der Waals surface area (Å²) in [4.78, 5) is 3.93. The van der Waals surface area contributed by atoms with E-state index in [9.17, 15) is 0 Å². The van der Waals surface area contributed by atoms with Gasteiger partial charge in [0.1, 0.15) is 5.04 Å². The van der Waals surface area contributed by atoms with Gasteiger partial charge in [-0.2, -0.15) is 0 Å².